The number of piperazine rings is 1. The fourth-order valence-corrected chi connectivity index (χ4v) is 3.54. The second-order valence-electron chi connectivity index (χ2n) is 6.94. The van der Waals surface area contributed by atoms with E-state index in [1.165, 1.54) is 11.1 Å². The van der Waals surface area contributed by atoms with Gasteiger partial charge in [0, 0.05) is 32.6 Å². The second kappa shape index (κ2) is 9.45. The lowest BCUT2D eigenvalue weighted by molar-refractivity contribution is -0.131. The predicted octanol–water partition coefficient (Wildman–Crippen LogP) is 3.93. The smallest absolute Gasteiger partial charge is 0.223 e. The van der Waals surface area contributed by atoms with E-state index in [-0.39, 0.29) is 5.91 Å². The number of para-hydroxylation sites is 2. The van der Waals surface area contributed by atoms with Crippen LogP contribution in [0.5, 0.6) is 5.75 Å². The quantitative estimate of drug-likeness (QED) is 0.744. The van der Waals surface area contributed by atoms with Gasteiger partial charge in [-0.25, -0.2) is 0 Å². The molecule has 0 aromatic heterocycles. The maximum atomic E-state index is 12.6. The van der Waals surface area contributed by atoms with E-state index in [0.717, 1.165) is 50.5 Å². The average Bonchev–Trinajstić information content (AvgIpc) is 2.73. The highest BCUT2D eigenvalue weighted by Gasteiger charge is 2.22. The standard InChI is InChI=1S/C23H30N2O2/c1-3-19-9-11-20(12-10-19)13-14-23(26)25-17-15-24(16-18-25)21-7-5-6-8-22(21)27-4-2/h5-12H,3-4,13-18H2,1-2H3. The lowest BCUT2D eigenvalue weighted by atomic mass is 10.1. The van der Waals surface area contributed by atoms with Crippen molar-refractivity contribution in [3.63, 3.8) is 0 Å². The van der Waals surface area contributed by atoms with E-state index in [4.69, 9.17) is 4.74 Å². The van der Waals surface area contributed by atoms with Crippen molar-refractivity contribution in [2.24, 2.45) is 0 Å². The van der Waals surface area contributed by atoms with E-state index >= 15 is 0 Å². The van der Waals surface area contributed by atoms with Gasteiger partial charge in [0.15, 0.2) is 0 Å². The maximum absolute atomic E-state index is 12.6. The number of aryl methyl sites for hydroxylation is 2. The number of rotatable bonds is 7. The Balaban J connectivity index is 1.50. The van der Waals surface area contributed by atoms with Crippen LogP contribution in [0, 0.1) is 0 Å². The fourth-order valence-electron chi connectivity index (χ4n) is 3.54. The summed E-state index contributed by atoms with van der Waals surface area (Å²) in [7, 11) is 0. The molecule has 1 aliphatic rings. The summed E-state index contributed by atoms with van der Waals surface area (Å²) in [5.74, 6) is 1.18. The Morgan fingerprint density at radius 2 is 1.59 bits per heavy atom. The molecule has 0 saturated carbocycles. The Kier molecular flexibility index (Phi) is 6.74. The molecule has 3 rings (SSSR count). The van der Waals surface area contributed by atoms with Crippen LogP contribution in [0.2, 0.25) is 0 Å². The Hall–Kier alpha value is -2.49. The first-order valence-corrected chi connectivity index (χ1v) is 10.0. The Morgan fingerprint density at radius 1 is 0.926 bits per heavy atom. The molecule has 0 spiro atoms. The van der Waals surface area contributed by atoms with Crippen LogP contribution < -0.4 is 9.64 Å². The van der Waals surface area contributed by atoms with Crippen molar-refractivity contribution in [3.05, 3.63) is 59.7 Å². The molecular formula is C23H30N2O2. The van der Waals surface area contributed by atoms with Crippen molar-refractivity contribution in [1.82, 2.24) is 4.90 Å². The number of anilines is 1. The lowest BCUT2D eigenvalue weighted by Gasteiger charge is -2.36. The second-order valence-corrected chi connectivity index (χ2v) is 6.94. The minimum absolute atomic E-state index is 0.257. The van der Waals surface area contributed by atoms with Gasteiger partial charge in [0.1, 0.15) is 5.75 Å². The average molecular weight is 367 g/mol. The van der Waals surface area contributed by atoms with E-state index in [2.05, 4.69) is 42.2 Å². The van der Waals surface area contributed by atoms with Crippen LogP contribution in [-0.2, 0) is 17.6 Å². The summed E-state index contributed by atoms with van der Waals surface area (Å²) in [5.41, 5.74) is 3.71. The molecule has 2 aromatic carbocycles. The third-order valence-corrected chi connectivity index (χ3v) is 5.20. The van der Waals surface area contributed by atoms with E-state index < -0.39 is 0 Å². The third kappa shape index (κ3) is 5.03. The van der Waals surface area contributed by atoms with E-state index in [1.54, 1.807) is 0 Å². The Bertz CT molecular complexity index is 734. The summed E-state index contributed by atoms with van der Waals surface area (Å²) in [5, 5.41) is 0. The summed E-state index contributed by atoms with van der Waals surface area (Å²) >= 11 is 0. The Morgan fingerprint density at radius 3 is 2.26 bits per heavy atom. The first-order chi connectivity index (χ1) is 13.2. The number of hydrogen-bond donors (Lipinski definition) is 0. The molecule has 0 bridgehead atoms. The molecule has 27 heavy (non-hydrogen) atoms. The van der Waals surface area contributed by atoms with Crippen LogP contribution in [0.25, 0.3) is 0 Å². The molecule has 0 atom stereocenters. The highest BCUT2D eigenvalue weighted by Crippen LogP contribution is 2.28. The monoisotopic (exact) mass is 366 g/mol. The van der Waals surface area contributed by atoms with Gasteiger partial charge in [-0.3, -0.25) is 4.79 Å². The molecule has 0 aliphatic carbocycles. The zero-order valence-electron chi connectivity index (χ0n) is 16.5. The van der Waals surface area contributed by atoms with Gasteiger partial charge in [0.25, 0.3) is 0 Å². The van der Waals surface area contributed by atoms with Crippen LogP contribution >= 0.6 is 0 Å². The van der Waals surface area contributed by atoms with Crippen molar-refractivity contribution in [3.8, 4) is 5.75 Å². The molecule has 1 saturated heterocycles. The van der Waals surface area contributed by atoms with Gasteiger partial charge < -0.3 is 14.5 Å². The molecule has 4 nitrogen and oxygen atoms in total. The number of ether oxygens (including phenoxy) is 1. The first-order valence-electron chi connectivity index (χ1n) is 10.0. The van der Waals surface area contributed by atoms with Crippen molar-refractivity contribution in [2.45, 2.75) is 33.1 Å². The number of carbonyl (C=O) groups is 1. The first kappa shape index (κ1) is 19.3. The predicted molar refractivity (Wildman–Crippen MR) is 111 cm³/mol. The van der Waals surface area contributed by atoms with Gasteiger partial charge in [-0.1, -0.05) is 43.3 Å². The summed E-state index contributed by atoms with van der Waals surface area (Å²) in [6, 6.07) is 16.8. The zero-order valence-corrected chi connectivity index (χ0v) is 16.5. The molecule has 2 aromatic rings. The van der Waals surface area contributed by atoms with Crippen LogP contribution in [0.15, 0.2) is 48.5 Å². The van der Waals surface area contributed by atoms with Crippen molar-refractivity contribution >= 4 is 11.6 Å². The highest BCUT2D eigenvalue weighted by atomic mass is 16.5. The van der Waals surface area contributed by atoms with Crippen LogP contribution in [0.1, 0.15) is 31.4 Å². The number of carbonyl (C=O) groups excluding carboxylic acids is 1. The van der Waals surface area contributed by atoms with Gasteiger partial charge in [-0.15, -0.1) is 0 Å². The Labute approximate surface area is 162 Å². The number of benzene rings is 2. The van der Waals surface area contributed by atoms with Crippen molar-refractivity contribution in [1.29, 1.82) is 0 Å². The van der Waals surface area contributed by atoms with Gasteiger partial charge in [-0.2, -0.15) is 0 Å². The normalized spacial score (nSPS) is 14.3. The number of hydrogen-bond acceptors (Lipinski definition) is 3. The summed E-state index contributed by atoms with van der Waals surface area (Å²) in [6.45, 7) is 8.06. The fraction of sp³-hybridized carbons (Fsp3) is 0.435. The minimum Gasteiger partial charge on any atom is -0.492 e. The molecule has 1 heterocycles. The highest BCUT2D eigenvalue weighted by molar-refractivity contribution is 5.77. The number of amides is 1. The summed E-state index contributed by atoms with van der Waals surface area (Å²) < 4.78 is 5.75. The number of nitrogens with zero attached hydrogens (tertiary/aromatic N) is 2. The molecule has 0 N–H and O–H groups in total. The topological polar surface area (TPSA) is 32.8 Å². The van der Waals surface area contributed by atoms with Gasteiger partial charge in [0.05, 0.1) is 12.3 Å². The van der Waals surface area contributed by atoms with E-state index in [0.29, 0.717) is 13.0 Å². The molecule has 1 amide bonds. The van der Waals surface area contributed by atoms with E-state index in [1.807, 2.05) is 30.0 Å². The van der Waals surface area contributed by atoms with Crippen molar-refractivity contribution in [2.75, 3.05) is 37.7 Å². The van der Waals surface area contributed by atoms with Gasteiger partial charge in [-0.05, 0) is 43.0 Å². The molecule has 4 heteroatoms. The summed E-state index contributed by atoms with van der Waals surface area (Å²) in [4.78, 5) is 16.9. The zero-order chi connectivity index (χ0) is 19.1. The minimum atomic E-state index is 0.257. The SMILES string of the molecule is CCOc1ccccc1N1CCN(C(=O)CCc2ccc(CC)cc2)CC1. The van der Waals surface area contributed by atoms with Crippen LogP contribution in [-0.4, -0.2) is 43.6 Å². The third-order valence-electron chi connectivity index (χ3n) is 5.20. The van der Waals surface area contributed by atoms with Crippen molar-refractivity contribution < 1.29 is 9.53 Å². The molecule has 0 unspecified atom stereocenters. The lowest BCUT2D eigenvalue weighted by Crippen LogP contribution is -2.49. The van der Waals surface area contributed by atoms with Gasteiger partial charge >= 0.3 is 0 Å². The van der Waals surface area contributed by atoms with Crippen LogP contribution in [0.4, 0.5) is 5.69 Å². The molecule has 144 valence electrons. The largest absolute Gasteiger partial charge is 0.492 e. The van der Waals surface area contributed by atoms with Crippen LogP contribution in [0.3, 0.4) is 0 Å². The molecule has 1 fully saturated rings. The molecular weight excluding hydrogens is 336 g/mol. The summed E-state index contributed by atoms with van der Waals surface area (Å²) in [6.07, 6.45) is 2.45. The van der Waals surface area contributed by atoms with E-state index in [9.17, 15) is 4.79 Å². The molecule has 1 aliphatic heterocycles. The van der Waals surface area contributed by atoms with Gasteiger partial charge in [0.2, 0.25) is 5.91 Å². The molecule has 0 radical (unpaired) electrons. The maximum Gasteiger partial charge on any atom is 0.223 e.